The molecule has 0 heterocycles. The third-order valence-corrected chi connectivity index (χ3v) is 4.63. The van der Waals surface area contributed by atoms with E-state index in [0.717, 1.165) is 0 Å². The van der Waals surface area contributed by atoms with E-state index in [4.69, 9.17) is 17.3 Å². The molecule has 19 heavy (non-hydrogen) atoms. The molecule has 0 bridgehead atoms. The van der Waals surface area contributed by atoms with Crippen LogP contribution >= 0.6 is 11.6 Å². The molecule has 3 nitrogen and oxygen atoms in total. The van der Waals surface area contributed by atoms with E-state index in [1.165, 1.54) is 0 Å². The van der Waals surface area contributed by atoms with Gasteiger partial charge < -0.3 is 5.73 Å². The lowest BCUT2D eigenvalue weighted by Gasteiger charge is -2.08. The molecule has 0 unspecified atom stereocenters. The zero-order chi connectivity index (χ0) is 13.9. The predicted octanol–water partition coefficient (Wildman–Crippen LogP) is 3.04. The first kappa shape index (κ1) is 13.9. The van der Waals surface area contributed by atoms with Gasteiger partial charge in [0.1, 0.15) is 0 Å². The minimum absolute atomic E-state index is 0.0785. The minimum Gasteiger partial charge on any atom is -0.398 e. The van der Waals surface area contributed by atoms with Gasteiger partial charge in [-0.2, -0.15) is 0 Å². The minimum atomic E-state index is -3.30. The maximum Gasteiger partial charge on any atom is 0.158 e. The second-order valence-electron chi connectivity index (χ2n) is 4.32. The summed E-state index contributed by atoms with van der Waals surface area (Å²) in [7, 11) is -3.30. The van der Waals surface area contributed by atoms with Gasteiger partial charge in [-0.25, -0.2) is 8.42 Å². The maximum absolute atomic E-state index is 12.2. The number of benzene rings is 2. The Labute approximate surface area is 117 Å². The molecule has 0 fully saturated rings. The quantitative estimate of drug-likeness (QED) is 0.882. The van der Waals surface area contributed by atoms with Crippen LogP contribution in [0.2, 0.25) is 5.02 Å². The van der Waals surface area contributed by atoms with Gasteiger partial charge in [0.25, 0.3) is 0 Å². The van der Waals surface area contributed by atoms with Gasteiger partial charge in [0, 0.05) is 10.7 Å². The van der Waals surface area contributed by atoms with Gasteiger partial charge >= 0.3 is 0 Å². The summed E-state index contributed by atoms with van der Waals surface area (Å²) in [6.45, 7) is 0. The number of hydrogen-bond donors (Lipinski definition) is 1. The molecule has 2 N–H and O–H groups in total. The average Bonchev–Trinajstić information content (AvgIpc) is 2.35. The summed E-state index contributed by atoms with van der Waals surface area (Å²) < 4.78 is 24.3. The van der Waals surface area contributed by atoms with Crippen molar-refractivity contribution in [2.24, 2.45) is 0 Å². The Morgan fingerprint density at radius 3 is 2.05 bits per heavy atom. The number of sulfone groups is 1. The van der Waals surface area contributed by atoms with E-state index in [-0.39, 0.29) is 11.5 Å². The fourth-order valence-electron chi connectivity index (χ4n) is 1.81. The monoisotopic (exact) mass is 295 g/mol. The van der Waals surface area contributed by atoms with Crippen LogP contribution in [0.3, 0.4) is 0 Å². The van der Waals surface area contributed by atoms with Crippen molar-refractivity contribution >= 4 is 27.1 Å². The number of rotatable bonds is 4. The van der Waals surface area contributed by atoms with Crippen LogP contribution in [-0.2, 0) is 21.3 Å². The molecule has 0 aromatic heterocycles. The molecule has 2 aromatic carbocycles. The second kappa shape index (κ2) is 5.63. The molecule has 2 aromatic rings. The van der Waals surface area contributed by atoms with Crippen LogP contribution in [0.1, 0.15) is 11.1 Å². The Bertz CT molecular complexity index is 630. The van der Waals surface area contributed by atoms with Gasteiger partial charge in [-0.15, -0.1) is 0 Å². The van der Waals surface area contributed by atoms with Crippen molar-refractivity contribution in [3.05, 3.63) is 64.7 Å². The fraction of sp³-hybridized carbons (Fsp3) is 0.143. The Balaban J connectivity index is 2.21. The van der Waals surface area contributed by atoms with Crippen molar-refractivity contribution in [2.75, 3.05) is 5.73 Å². The number of nitrogens with two attached hydrogens (primary N) is 1. The van der Waals surface area contributed by atoms with E-state index in [1.807, 2.05) is 0 Å². The predicted molar refractivity (Wildman–Crippen MR) is 78.6 cm³/mol. The van der Waals surface area contributed by atoms with Gasteiger partial charge in [0.2, 0.25) is 0 Å². The van der Waals surface area contributed by atoms with Gasteiger partial charge in [0.05, 0.1) is 11.5 Å². The molecule has 0 saturated carbocycles. The van der Waals surface area contributed by atoms with E-state index in [9.17, 15) is 8.42 Å². The van der Waals surface area contributed by atoms with Crippen LogP contribution in [0, 0.1) is 0 Å². The standard InChI is InChI=1S/C14H14ClNO2S/c15-13-7-3-1-5-11(13)9-19(17,18)10-12-6-2-4-8-14(12)16/h1-8H,9-10,16H2. The normalized spacial score (nSPS) is 11.4. The highest BCUT2D eigenvalue weighted by atomic mass is 35.5. The number of halogens is 1. The molecule has 2 rings (SSSR count). The zero-order valence-corrected chi connectivity index (χ0v) is 11.8. The van der Waals surface area contributed by atoms with Crippen molar-refractivity contribution < 1.29 is 8.42 Å². The van der Waals surface area contributed by atoms with Gasteiger partial charge in [-0.1, -0.05) is 48.0 Å². The molecular formula is C14H14ClNO2S. The topological polar surface area (TPSA) is 60.2 Å². The van der Waals surface area contributed by atoms with Crippen LogP contribution in [0.4, 0.5) is 5.69 Å². The third-order valence-electron chi connectivity index (χ3n) is 2.76. The van der Waals surface area contributed by atoms with Crippen molar-refractivity contribution in [3.63, 3.8) is 0 Å². The highest BCUT2D eigenvalue weighted by Crippen LogP contribution is 2.21. The molecule has 5 heteroatoms. The lowest BCUT2D eigenvalue weighted by molar-refractivity contribution is 0.594. The molecule has 0 amide bonds. The molecule has 0 aliphatic carbocycles. The average molecular weight is 296 g/mol. The van der Waals surface area contributed by atoms with E-state index in [0.29, 0.717) is 21.8 Å². The van der Waals surface area contributed by atoms with Gasteiger partial charge in [-0.05, 0) is 23.3 Å². The third kappa shape index (κ3) is 3.72. The summed E-state index contributed by atoms with van der Waals surface area (Å²) >= 11 is 5.98. The van der Waals surface area contributed by atoms with Crippen molar-refractivity contribution in [1.29, 1.82) is 0 Å². The Kier molecular flexibility index (Phi) is 4.12. The largest absolute Gasteiger partial charge is 0.398 e. The first-order valence-corrected chi connectivity index (χ1v) is 7.95. The van der Waals surface area contributed by atoms with E-state index >= 15 is 0 Å². The summed E-state index contributed by atoms with van der Waals surface area (Å²) in [6.07, 6.45) is 0. The van der Waals surface area contributed by atoms with Gasteiger partial charge in [0.15, 0.2) is 9.84 Å². The highest BCUT2D eigenvalue weighted by Gasteiger charge is 2.16. The number of anilines is 1. The molecule has 0 spiro atoms. The molecule has 0 radical (unpaired) electrons. The molecular weight excluding hydrogens is 282 g/mol. The molecule has 0 saturated heterocycles. The van der Waals surface area contributed by atoms with Gasteiger partial charge in [-0.3, -0.25) is 0 Å². The first-order valence-electron chi connectivity index (χ1n) is 5.75. The van der Waals surface area contributed by atoms with Crippen molar-refractivity contribution in [3.8, 4) is 0 Å². The Morgan fingerprint density at radius 1 is 0.895 bits per heavy atom. The Hall–Kier alpha value is -1.52. The summed E-state index contributed by atoms with van der Waals surface area (Å²) in [5.41, 5.74) is 7.48. The number of nitrogen functional groups attached to an aromatic ring is 1. The van der Waals surface area contributed by atoms with E-state index in [2.05, 4.69) is 0 Å². The van der Waals surface area contributed by atoms with Crippen molar-refractivity contribution in [2.45, 2.75) is 11.5 Å². The van der Waals surface area contributed by atoms with Crippen LogP contribution in [0.15, 0.2) is 48.5 Å². The molecule has 0 aliphatic rings. The zero-order valence-electron chi connectivity index (χ0n) is 10.2. The Morgan fingerprint density at radius 2 is 1.42 bits per heavy atom. The maximum atomic E-state index is 12.2. The fourth-order valence-corrected chi connectivity index (χ4v) is 3.65. The van der Waals surface area contributed by atoms with Crippen LogP contribution in [0.25, 0.3) is 0 Å². The summed E-state index contributed by atoms with van der Waals surface area (Å²) in [6, 6.07) is 13.9. The van der Waals surface area contributed by atoms with Crippen LogP contribution in [-0.4, -0.2) is 8.42 Å². The van der Waals surface area contributed by atoms with E-state index in [1.54, 1.807) is 48.5 Å². The smallest absolute Gasteiger partial charge is 0.158 e. The highest BCUT2D eigenvalue weighted by molar-refractivity contribution is 7.89. The molecule has 100 valence electrons. The number of para-hydroxylation sites is 1. The van der Waals surface area contributed by atoms with E-state index < -0.39 is 9.84 Å². The lowest BCUT2D eigenvalue weighted by atomic mass is 10.2. The lowest BCUT2D eigenvalue weighted by Crippen LogP contribution is -2.09. The van der Waals surface area contributed by atoms with Crippen LogP contribution < -0.4 is 5.73 Å². The van der Waals surface area contributed by atoms with Crippen molar-refractivity contribution in [1.82, 2.24) is 0 Å². The first-order chi connectivity index (χ1) is 8.98. The molecule has 0 atom stereocenters. The van der Waals surface area contributed by atoms with Crippen LogP contribution in [0.5, 0.6) is 0 Å². The molecule has 0 aliphatic heterocycles. The second-order valence-corrected chi connectivity index (χ2v) is 6.79. The SMILES string of the molecule is Nc1ccccc1CS(=O)(=O)Cc1ccccc1Cl. The summed E-state index contributed by atoms with van der Waals surface area (Å²) in [5.74, 6) is -0.161. The number of hydrogen-bond acceptors (Lipinski definition) is 3. The summed E-state index contributed by atoms with van der Waals surface area (Å²) in [5, 5.41) is 0.465. The summed E-state index contributed by atoms with van der Waals surface area (Å²) in [4.78, 5) is 0.